The summed E-state index contributed by atoms with van der Waals surface area (Å²) in [4.78, 5) is 13.8. The van der Waals surface area contributed by atoms with Gasteiger partial charge in [-0.1, -0.05) is 0 Å². The van der Waals surface area contributed by atoms with Crippen LogP contribution in [0, 0.1) is 10.1 Å². The number of nitrogens with zero attached hydrogens (tertiary/aromatic N) is 2. The second kappa shape index (κ2) is 5.26. The van der Waals surface area contributed by atoms with Crippen molar-refractivity contribution in [3.63, 3.8) is 0 Å². The van der Waals surface area contributed by atoms with Gasteiger partial charge in [-0.05, 0) is 19.4 Å². The molecule has 0 aliphatic carbocycles. The fourth-order valence-corrected chi connectivity index (χ4v) is 1.03. The average molecular weight is 210 g/mol. The molecule has 0 saturated carbocycles. The standard InChI is InChI=1S/C9H14N4O2/c1-7(10)4-5-11-9-3-2-8(6-12-9)13(14)15/h2-3,6-7H,4-5,10H2,1H3,(H,11,12). The van der Waals surface area contributed by atoms with E-state index in [1.165, 1.54) is 12.3 Å². The maximum atomic E-state index is 10.3. The van der Waals surface area contributed by atoms with E-state index in [-0.39, 0.29) is 11.7 Å². The molecule has 15 heavy (non-hydrogen) atoms. The normalized spacial score (nSPS) is 12.1. The summed E-state index contributed by atoms with van der Waals surface area (Å²) < 4.78 is 0. The van der Waals surface area contributed by atoms with Crippen LogP contribution in [0.5, 0.6) is 0 Å². The summed E-state index contributed by atoms with van der Waals surface area (Å²) in [6, 6.07) is 3.14. The Labute approximate surface area is 87.7 Å². The largest absolute Gasteiger partial charge is 0.370 e. The van der Waals surface area contributed by atoms with Gasteiger partial charge in [-0.2, -0.15) is 0 Å². The van der Waals surface area contributed by atoms with Crippen molar-refractivity contribution in [1.82, 2.24) is 4.98 Å². The lowest BCUT2D eigenvalue weighted by atomic mass is 10.2. The molecule has 0 amide bonds. The van der Waals surface area contributed by atoms with Crippen LogP contribution in [-0.2, 0) is 0 Å². The Morgan fingerprint density at radius 1 is 1.67 bits per heavy atom. The summed E-state index contributed by atoms with van der Waals surface area (Å²) in [5, 5.41) is 13.4. The van der Waals surface area contributed by atoms with Gasteiger partial charge >= 0.3 is 0 Å². The summed E-state index contributed by atoms with van der Waals surface area (Å²) in [6.45, 7) is 2.63. The molecule has 1 rings (SSSR count). The molecule has 0 radical (unpaired) electrons. The lowest BCUT2D eigenvalue weighted by molar-refractivity contribution is -0.385. The molecule has 1 aromatic heterocycles. The van der Waals surface area contributed by atoms with Crippen molar-refractivity contribution in [2.45, 2.75) is 19.4 Å². The van der Waals surface area contributed by atoms with Gasteiger partial charge in [-0.15, -0.1) is 0 Å². The zero-order valence-corrected chi connectivity index (χ0v) is 8.51. The molecule has 0 spiro atoms. The minimum absolute atomic E-state index is 0.00672. The van der Waals surface area contributed by atoms with Gasteiger partial charge in [0.1, 0.15) is 12.0 Å². The minimum atomic E-state index is -0.473. The van der Waals surface area contributed by atoms with E-state index in [9.17, 15) is 10.1 Å². The van der Waals surface area contributed by atoms with Crippen molar-refractivity contribution in [3.8, 4) is 0 Å². The highest BCUT2D eigenvalue weighted by Crippen LogP contribution is 2.11. The van der Waals surface area contributed by atoms with Crippen molar-refractivity contribution in [2.24, 2.45) is 5.73 Å². The van der Waals surface area contributed by atoms with E-state index in [0.29, 0.717) is 12.4 Å². The van der Waals surface area contributed by atoms with Crippen LogP contribution in [0.2, 0.25) is 0 Å². The van der Waals surface area contributed by atoms with Crippen molar-refractivity contribution in [3.05, 3.63) is 28.4 Å². The van der Waals surface area contributed by atoms with Crippen LogP contribution in [0.15, 0.2) is 18.3 Å². The lowest BCUT2D eigenvalue weighted by Crippen LogP contribution is -2.19. The monoisotopic (exact) mass is 210 g/mol. The third-order valence-corrected chi connectivity index (χ3v) is 1.86. The van der Waals surface area contributed by atoms with Crippen LogP contribution < -0.4 is 11.1 Å². The smallest absolute Gasteiger partial charge is 0.287 e. The third kappa shape index (κ3) is 3.90. The molecule has 0 bridgehead atoms. The minimum Gasteiger partial charge on any atom is -0.370 e. The fraction of sp³-hybridized carbons (Fsp3) is 0.444. The van der Waals surface area contributed by atoms with Gasteiger partial charge in [0.25, 0.3) is 5.69 Å². The maximum Gasteiger partial charge on any atom is 0.287 e. The van der Waals surface area contributed by atoms with Gasteiger partial charge in [0, 0.05) is 18.7 Å². The Morgan fingerprint density at radius 2 is 2.40 bits per heavy atom. The maximum absolute atomic E-state index is 10.3. The highest BCUT2D eigenvalue weighted by Gasteiger charge is 2.04. The van der Waals surface area contributed by atoms with Gasteiger partial charge in [0.2, 0.25) is 0 Å². The summed E-state index contributed by atoms with van der Waals surface area (Å²) >= 11 is 0. The Bertz CT molecular complexity index is 323. The van der Waals surface area contributed by atoms with Crippen LogP contribution >= 0.6 is 0 Å². The first-order chi connectivity index (χ1) is 7.09. The third-order valence-electron chi connectivity index (χ3n) is 1.86. The number of nitro groups is 1. The topological polar surface area (TPSA) is 94.1 Å². The molecule has 1 atom stereocenters. The fourth-order valence-electron chi connectivity index (χ4n) is 1.03. The molecular formula is C9H14N4O2. The molecule has 0 aromatic carbocycles. The number of nitrogens with two attached hydrogens (primary N) is 1. The van der Waals surface area contributed by atoms with Crippen molar-refractivity contribution in [2.75, 3.05) is 11.9 Å². The Kier molecular flexibility index (Phi) is 3.99. The van der Waals surface area contributed by atoms with Crippen molar-refractivity contribution < 1.29 is 4.92 Å². The zero-order chi connectivity index (χ0) is 11.3. The van der Waals surface area contributed by atoms with E-state index >= 15 is 0 Å². The molecule has 82 valence electrons. The van der Waals surface area contributed by atoms with E-state index in [2.05, 4.69) is 10.3 Å². The Balaban J connectivity index is 2.46. The number of rotatable bonds is 5. The number of aromatic nitrogens is 1. The Hall–Kier alpha value is -1.69. The molecule has 1 unspecified atom stereocenters. The van der Waals surface area contributed by atoms with Crippen LogP contribution in [-0.4, -0.2) is 22.5 Å². The van der Waals surface area contributed by atoms with Gasteiger partial charge in [-0.3, -0.25) is 10.1 Å². The molecule has 6 nitrogen and oxygen atoms in total. The first kappa shape index (κ1) is 11.4. The number of hydrogen-bond donors (Lipinski definition) is 2. The van der Waals surface area contributed by atoms with Gasteiger partial charge in [0.05, 0.1) is 4.92 Å². The number of anilines is 1. The lowest BCUT2D eigenvalue weighted by Gasteiger charge is -2.06. The molecule has 1 aromatic rings. The van der Waals surface area contributed by atoms with Crippen LogP contribution in [0.3, 0.4) is 0 Å². The highest BCUT2D eigenvalue weighted by atomic mass is 16.6. The molecule has 6 heteroatoms. The highest BCUT2D eigenvalue weighted by molar-refractivity contribution is 5.39. The summed E-state index contributed by atoms with van der Waals surface area (Å²) in [7, 11) is 0. The average Bonchev–Trinajstić information content (AvgIpc) is 2.18. The molecule has 0 aliphatic heterocycles. The van der Waals surface area contributed by atoms with E-state index in [4.69, 9.17) is 5.73 Å². The van der Waals surface area contributed by atoms with Crippen LogP contribution in [0.25, 0.3) is 0 Å². The summed E-state index contributed by atoms with van der Waals surface area (Å²) in [5.41, 5.74) is 5.56. The summed E-state index contributed by atoms with van der Waals surface area (Å²) in [5.74, 6) is 0.626. The predicted molar refractivity (Wildman–Crippen MR) is 57.6 cm³/mol. The van der Waals surface area contributed by atoms with Gasteiger partial charge < -0.3 is 11.1 Å². The van der Waals surface area contributed by atoms with E-state index in [0.717, 1.165) is 6.42 Å². The quantitative estimate of drug-likeness (QED) is 0.561. The second-order valence-corrected chi connectivity index (χ2v) is 3.35. The van der Waals surface area contributed by atoms with E-state index in [1.807, 2.05) is 6.92 Å². The van der Waals surface area contributed by atoms with Crippen LogP contribution in [0.1, 0.15) is 13.3 Å². The SMILES string of the molecule is CC(N)CCNc1ccc([N+](=O)[O-])cn1. The van der Waals surface area contributed by atoms with E-state index < -0.39 is 4.92 Å². The van der Waals surface area contributed by atoms with Crippen molar-refractivity contribution >= 4 is 11.5 Å². The molecule has 0 aliphatic rings. The van der Waals surface area contributed by atoms with Gasteiger partial charge in [-0.25, -0.2) is 4.98 Å². The molecule has 1 heterocycles. The van der Waals surface area contributed by atoms with Crippen molar-refractivity contribution in [1.29, 1.82) is 0 Å². The van der Waals surface area contributed by atoms with Gasteiger partial charge in [0.15, 0.2) is 0 Å². The zero-order valence-electron chi connectivity index (χ0n) is 8.51. The summed E-state index contributed by atoms with van der Waals surface area (Å²) in [6.07, 6.45) is 2.06. The van der Waals surface area contributed by atoms with Crippen LogP contribution in [0.4, 0.5) is 11.5 Å². The first-order valence-corrected chi connectivity index (χ1v) is 4.69. The first-order valence-electron chi connectivity index (χ1n) is 4.69. The van der Waals surface area contributed by atoms with E-state index in [1.54, 1.807) is 6.07 Å². The number of nitrogens with one attached hydrogen (secondary N) is 1. The number of hydrogen-bond acceptors (Lipinski definition) is 5. The number of pyridine rings is 1. The Morgan fingerprint density at radius 3 is 2.87 bits per heavy atom. The molecule has 0 saturated heterocycles. The second-order valence-electron chi connectivity index (χ2n) is 3.35. The predicted octanol–water partition coefficient (Wildman–Crippen LogP) is 1.14. The molecular weight excluding hydrogens is 196 g/mol. The molecule has 0 fully saturated rings. The molecule has 3 N–H and O–H groups in total.